The summed E-state index contributed by atoms with van der Waals surface area (Å²) in [7, 11) is 0. The summed E-state index contributed by atoms with van der Waals surface area (Å²) >= 11 is 7.44. The molecule has 0 saturated carbocycles. The van der Waals surface area contributed by atoms with Crippen LogP contribution >= 0.6 is 22.9 Å². The summed E-state index contributed by atoms with van der Waals surface area (Å²) in [5.74, 6) is 1.30. The number of hydrogen-bond acceptors (Lipinski definition) is 6. The zero-order valence-corrected chi connectivity index (χ0v) is 18.2. The lowest BCUT2D eigenvalue weighted by molar-refractivity contribution is 0.115. The first-order valence-corrected chi connectivity index (χ1v) is 11.0. The first-order valence-electron chi connectivity index (χ1n) is 9.84. The van der Waals surface area contributed by atoms with E-state index in [1.807, 2.05) is 24.3 Å². The Morgan fingerprint density at radius 1 is 0.903 bits per heavy atom. The van der Waals surface area contributed by atoms with Crippen LogP contribution in [0.2, 0.25) is 5.02 Å². The Balaban J connectivity index is 1.67. The number of ether oxygens (including phenoxy) is 1. The van der Waals surface area contributed by atoms with E-state index in [-0.39, 0.29) is 18.6 Å². The molecule has 5 nitrogen and oxygen atoms in total. The first kappa shape index (κ1) is 21.7. The van der Waals surface area contributed by atoms with Crippen molar-refractivity contribution in [1.82, 2.24) is 0 Å². The molecule has 0 fully saturated rings. The van der Waals surface area contributed by atoms with E-state index in [0.717, 1.165) is 15.0 Å². The fourth-order valence-electron chi connectivity index (χ4n) is 3.34. The third-order valence-corrected chi connectivity index (χ3v) is 6.67. The van der Waals surface area contributed by atoms with Gasteiger partial charge in [-0.1, -0.05) is 17.7 Å². The summed E-state index contributed by atoms with van der Waals surface area (Å²) in [4.78, 5) is 13.0. The first-order chi connectivity index (χ1) is 14.9. The van der Waals surface area contributed by atoms with Crippen molar-refractivity contribution in [3.05, 3.63) is 81.5 Å². The minimum absolute atomic E-state index is 0.0211. The van der Waals surface area contributed by atoms with E-state index in [1.54, 1.807) is 36.4 Å². The fourth-order valence-corrected chi connectivity index (χ4v) is 4.63. The van der Waals surface area contributed by atoms with E-state index >= 15 is 0 Å². The van der Waals surface area contributed by atoms with Crippen LogP contribution in [0.1, 0.15) is 12.0 Å². The molecule has 0 aliphatic rings. The van der Waals surface area contributed by atoms with Crippen molar-refractivity contribution in [3.63, 3.8) is 0 Å². The normalized spacial score (nSPS) is 11.9. The Morgan fingerprint density at radius 3 is 2.19 bits per heavy atom. The van der Waals surface area contributed by atoms with Crippen LogP contribution in [0.3, 0.4) is 0 Å². The highest BCUT2D eigenvalue weighted by Crippen LogP contribution is 2.31. The molecule has 7 heteroatoms. The highest BCUT2D eigenvalue weighted by Gasteiger charge is 2.22. The molecule has 1 heterocycles. The molecule has 3 aromatic carbocycles. The second-order valence-corrected chi connectivity index (χ2v) is 9.17. The molecular weight excluding hydrogens is 434 g/mol. The molecule has 0 amide bonds. The predicted octanol–water partition coefficient (Wildman–Crippen LogP) is 4.48. The number of aliphatic hydroxyl groups is 2. The van der Waals surface area contributed by atoms with Gasteiger partial charge in [0.2, 0.25) is 0 Å². The van der Waals surface area contributed by atoms with E-state index in [4.69, 9.17) is 22.1 Å². The van der Waals surface area contributed by atoms with Crippen molar-refractivity contribution in [2.24, 2.45) is 5.73 Å². The highest BCUT2D eigenvalue weighted by atomic mass is 35.5. The standard InChI is InChI=1S/C24H22ClNO4S/c25-16-2-4-17(5-3-16)30-18-6-8-20-22(12-18)31-21-11-15(1-7-19(21)23(20)29)9-10-24(26,13-27)14-28/h1-8,11-12,27-28H,9-10,13-14,26H2. The van der Waals surface area contributed by atoms with Crippen molar-refractivity contribution in [3.8, 4) is 11.5 Å². The largest absolute Gasteiger partial charge is 0.457 e. The molecule has 0 bridgehead atoms. The van der Waals surface area contributed by atoms with Crippen LogP contribution in [0, 0.1) is 0 Å². The summed E-state index contributed by atoms with van der Waals surface area (Å²) < 4.78 is 7.61. The molecule has 0 spiro atoms. The number of nitrogens with two attached hydrogens (primary N) is 1. The maximum absolute atomic E-state index is 13.0. The molecule has 0 unspecified atom stereocenters. The number of hydrogen-bond donors (Lipinski definition) is 3. The van der Waals surface area contributed by atoms with Crippen LogP contribution in [0.5, 0.6) is 11.5 Å². The van der Waals surface area contributed by atoms with Gasteiger partial charge < -0.3 is 20.7 Å². The molecule has 0 aliphatic heterocycles. The van der Waals surface area contributed by atoms with Crippen molar-refractivity contribution in [1.29, 1.82) is 0 Å². The number of fused-ring (bicyclic) bond motifs is 2. The molecule has 0 radical (unpaired) electrons. The van der Waals surface area contributed by atoms with Gasteiger partial charge in [0.25, 0.3) is 0 Å². The van der Waals surface area contributed by atoms with Crippen molar-refractivity contribution in [2.45, 2.75) is 18.4 Å². The fraction of sp³-hybridized carbons (Fsp3) is 0.208. The summed E-state index contributed by atoms with van der Waals surface area (Å²) in [6.07, 6.45) is 1.03. The molecule has 31 heavy (non-hydrogen) atoms. The van der Waals surface area contributed by atoms with Crippen molar-refractivity contribution < 1.29 is 14.9 Å². The van der Waals surface area contributed by atoms with E-state index in [0.29, 0.717) is 40.1 Å². The third kappa shape index (κ3) is 4.74. The Kier molecular flexibility index (Phi) is 6.27. The van der Waals surface area contributed by atoms with E-state index in [1.165, 1.54) is 11.3 Å². The van der Waals surface area contributed by atoms with Crippen LogP contribution in [0.25, 0.3) is 20.2 Å². The van der Waals surface area contributed by atoms with Gasteiger partial charge in [-0.2, -0.15) is 0 Å². The number of benzene rings is 3. The lowest BCUT2D eigenvalue weighted by atomic mass is 9.94. The molecule has 0 saturated heterocycles. The number of halogens is 1. The van der Waals surface area contributed by atoms with Crippen molar-refractivity contribution >= 4 is 43.1 Å². The van der Waals surface area contributed by atoms with Crippen LogP contribution < -0.4 is 15.9 Å². The van der Waals surface area contributed by atoms with Gasteiger partial charge in [0.15, 0.2) is 5.43 Å². The Morgan fingerprint density at radius 2 is 1.52 bits per heavy atom. The quantitative estimate of drug-likeness (QED) is 0.357. The molecular formula is C24H22ClNO4S. The van der Waals surface area contributed by atoms with Gasteiger partial charge in [-0.05, 0) is 73.0 Å². The Labute approximate surface area is 188 Å². The molecule has 4 rings (SSSR count). The minimum atomic E-state index is -1.01. The molecule has 4 N–H and O–H groups in total. The van der Waals surface area contributed by atoms with Gasteiger partial charge in [-0.25, -0.2) is 0 Å². The Hall–Kier alpha value is -2.48. The zero-order chi connectivity index (χ0) is 22.0. The maximum atomic E-state index is 13.0. The summed E-state index contributed by atoms with van der Waals surface area (Å²) in [5.41, 5.74) is 5.93. The third-order valence-electron chi connectivity index (χ3n) is 5.30. The van der Waals surface area contributed by atoms with Gasteiger partial charge in [-0.3, -0.25) is 4.79 Å². The maximum Gasteiger partial charge on any atom is 0.195 e. The lowest BCUT2D eigenvalue weighted by Gasteiger charge is -2.24. The van der Waals surface area contributed by atoms with Crippen LogP contribution in [-0.2, 0) is 6.42 Å². The van der Waals surface area contributed by atoms with Gasteiger partial charge in [0.1, 0.15) is 11.5 Å². The summed E-state index contributed by atoms with van der Waals surface area (Å²) in [6, 6.07) is 18.2. The number of aliphatic hydroxyl groups excluding tert-OH is 2. The van der Waals surface area contributed by atoms with Crippen molar-refractivity contribution in [2.75, 3.05) is 13.2 Å². The monoisotopic (exact) mass is 455 g/mol. The predicted molar refractivity (Wildman–Crippen MR) is 127 cm³/mol. The molecule has 0 atom stereocenters. The topological polar surface area (TPSA) is 92.8 Å². The van der Waals surface area contributed by atoms with Gasteiger partial charge in [-0.15, -0.1) is 11.3 Å². The van der Waals surface area contributed by atoms with E-state index in [2.05, 4.69) is 0 Å². The van der Waals surface area contributed by atoms with Gasteiger partial charge in [0, 0.05) is 25.2 Å². The van der Waals surface area contributed by atoms with Crippen LogP contribution in [-0.4, -0.2) is 29.0 Å². The molecule has 4 aromatic rings. The smallest absolute Gasteiger partial charge is 0.195 e. The second kappa shape index (κ2) is 8.94. The minimum Gasteiger partial charge on any atom is -0.457 e. The summed E-state index contributed by atoms with van der Waals surface area (Å²) in [6.45, 7) is -0.573. The molecule has 0 aliphatic carbocycles. The average molecular weight is 456 g/mol. The molecule has 160 valence electrons. The number of rotatable bonds is 7. The molecule has 1 aromatic heterocycles. The summed E-state index contributed by atoms with van der Waals surface area (Å²) in [5, 5.41) is 20.7. The lowest BCUT2D eigenvalue weighted by Crippen LogP contribution is -2.47. The van der Waals surface area contributed by atoms with E-state index in [9.17, 15) is 15.0 Å². The van der Waals surface area contributed by atoms with Gasteiger partial charge in [0.05, 0.1) is 18.8 Å². The van der Waals surface area contributed by atoms with Crippen LogP contribution in [0.4, 0.5) is 0 Å². The average Bonchev–Trinajstić information content (AvgIpc) is 2.79. The second-order valence-electron chi connectivity index (χ2n) is 7.65. The number of aryl methyl sites for hydroxylation is 1. The zero-order valence-electron chi connectivity index (χ0n) is 16.7. The van der Waals surface area contributed by atoms with E-state index < -0.39 is 5.54 Å². The van der Waals surface area contributed by atoms with Gasteiger partial charge >= 0.3 is 0 Å². The SMILES string of the molecule is NC(CO)(CO)CCc1ccc2c(=O)c3ccc(Oc4ccc(Cl)cc4)cc3sc2c1. The van der Waals surface area contributed by atoms with Crippen LogP contribution in [0.15, 0.2) is 65.5 Å². The highest BCUT2D eigenvalue weighted by molar-refractivity contribution is 7.24. The Bertz CT molecular complexity index is 1280.